The molecule has 0 bridgehead atoms. The maximum atomic E-state index is 2.43. The predicted molar refractivity (Wildman–Crippen MR) is 84.6 cm³/mol. The molecule has 18 heavy (non-hydrogen) atoms. The molecular weight excluding hydrogens is 216 g/mol. The van der Waals surface area contributed by atoms with Gasteiger partial charge in [-0.1, -0.05) is 74.1 Å². The molecule has 0 aromatic heterocycles. The van der Waals surface area contributed by atoms with E-state index in [1.54, 1.807) is 0 Å². The van der Waals surface area contributed by atoms with E-state index in [4.69, 9.17) is 0 Å². The lowest BCUT2D eigenvalue weighted by molar-refractivity contribution is 0.333. The molecule has 0 aromatic rings. The van der Waals surface area contributed by atoms with Gasteiger partial charge >= 0.3 is 0 Å². The zero-order valence-corrected chi connectivity index (χ0v) is 14.1. The van der Waals surface area contributed by atoms with Crippen molar-refractivity contribution in [2.45, 2.75) is 87.0 Å². The minimum Gasteiger partial charge on any atom is -0.0651 e. The lowest BCUT2D eigenvalue weighted by atomic mass is 9.76. The van der Waals surface area contributed by atoms with Crippen LogP contribution in [-0.2, 0) is 0 Å². The molecule has 0 saturated carbocycles. The van der Waals surface area contributed by atoms with Crippen LogP contribution in [0.4, 0.5) is 0 Å². The summed E-state index contributed by atoms with van der Waals surface area (Å²) in [6, 6.07) is 0. The Kier molecular flexibility index (Phi) is 9.87. The van der Waals surface area contributed by atoms with Crippen molar-refractivity contribution in [3.05, 3.63) is 5.92 Å². The van der Waals surface area contributed by atoms with E-state index >= 15 is 0 Å². The first-order valence-corrected chi connectivity index (χ1v) is 8.30. The van der Waals surface area contributed by atoms with Crippen LogP contribution in [0.5, 0.6) is 0 Å². The van der Waals surface area contributed by atoms with Crippen molar-refractivity contribution in [2.75, 3.05) is 0 Å². The fourth-order valence-corrected chi connectivity index (χ4v) is 2.62. The van der Waals surface area contributed by atoms with Gasteiger partial charge in [-0.25, -0.2) is 0 Å². The molecule has 2 unspecified atom stereocenters. The molecule has 0 spiro atoms. The molecule has 0 aliphatic rings. The van der Waals surface area contributed by atoms with Crippen LogP contribution in [0.1, 0.15) is 87.0 Å². The van der Waals surface area contributed by atoms with Crippen molar-refractivity contribution < 1.29 is 0 Å². The van der Waals surface area contributed by atoms with Crippen LogP contribution in [0.3, 0.4) is 0 Å². The summed E-state index contributed by atoms with van der Waals surface area (Å²) < 4.78 is 0. The zero-order valence-electron chi connectivity index (χ0n) is 14.1. The van der Waals surface area contributed by atoms with E-state index in [1.165, 1.54) is 38.5 Å². The third-order valence-corrected chi connectivity index (χ3v) is 4.94. The van der Waals surface area contributed by atoms with Gasteiger partial charge in [0.1, 0.15) is 0 Å². The Bertz CT molecular complexity index is 178. The predicted octanol–water partition coefficient (Wildman–Crippen LogP) is 6.51. The molecule has 0 aromatic carbocycles. The van der Waals surface area contributed by atoms with E-state index in [0.717, 1.165) is 23.7 Å². The van der Waals surface area contributed by atoms with Crippen LogP contribution >= 0.6 is 0 Å². The van der Waals surface area contributed by atoms with Gasteiger partial charge in [0, 0.05) is 0 Å². The summed E-state index contributed by atoms with van der Waals surface area (Å²) in [5, 5.41) is 0. The molecule has 0 amide bonds. The average Bonchev–Trinajstić information content (AvgIpc) is 2.36. The van der Waals surface area contributed by atoms with Crippen molar-refractivity contribution in [3.8, 4) is 0 Å². The number of rotatable bonds is 10. The molecule has 0 saturated heterocycles. The molecule has 2 atom stereocenters. The van der Waals surface area contributed by atoms with E-state index < -0.39 is 0 Å². The highest BCUT2D eigenvalue weighted by molar-refractivity contribution is 4.97. The van der Waals surface area contributed by atoms with E-state index in [0.29, 0.717) is 0 Å². The Balaban J connectivity index is 4.41. The third kappa shape index (κ3) is 6.81. The molecule has 0 heterocycles. The fourth-order valence-electron chi connectivity index (χ4n) is 2.62. The van der Waals surface area contributed by atoms with Crippen molar-refractivity contribution in [3.63, 3.8) is 0 Å². The van der Waals surface area contributed by atoms with Gasteiger partial charge in [0.2, 0.25) is 0 Å². The van der Waals surface area contributed by atoms with Crippen molar-refractivity contribution in [1.82, 2.24) is 0 Å². The van der Waals surface area contributed by atoms with E-state index in [-0.39, 0.29) is 0 Å². The van der Waals surface area contributed by atoms with Gasteiger partial charge in [-0.15, -0.1) is 0 Å². The van der Waals surface area contributed by atoms with Crippen LogP contribution in [0.25, 0.3) is 0 Å². The van der Waals surface area contributed by atoms with Crippen LogP contribution in [0.2, 0.25) is 0 Å². The second-order valence-electron chi connectivity index (χ2n) is 6.65. The highest BCUT2D eigenvalue weighted by atomic mass is 14.3. The highest BCUT2D eigenvalue weighted by Gasteiger charge is 2.23. The molecule has 0 fully saturated rings. The topological polar surface area (TPSA) is 0 Å². The van der Waals surface area contributed by atoms with Gasteiger partial charge < -0.3 is 0 Å². The molecule has 1 radical (unpaired) electrons. The lowest BCUT2D eigenvalue weighted by Gasteiger charge is -2.29. The lowest BCUT2D eigenvalue weighted by Crippen LogP contribution is -2.18. The first kappa shape index (κ1) is 18.0. The summed E-state index contributed by atoms with van der Waals surface area (Å²) in [5.74, 6) is 5.29. The monoisotopic (exact) mass is 253 g/mol. The van der Waals surface area contributed by atoms with Crippen LogP contribution < -0.4 is 0 Å². The first-order chi connectivity index (χ1) is 8.46. The SMILES string of the molecule is CCC(C)CC[C](CC(C)C(C)C)C(CC)CC. The molecule has 0 aliphatic carbocycles. The van der Waals surface area contributed by atoms with Crippen LogP contribution in [0, 0.1) is 29.6 Å². The van der Waals surface area contributed by atoms with Gasteiger partial charge in [0.05, 0.1) is 0 Å². The third-order valence-electron chi connectivity index (χ3n) is 4.94. The molecular formula is C18H37. The van der Waals surface area contributed by atoms with E-state index in [9.17, 15) is 0 Å². The molecule has 0 heteroatoms. The summed E-state index contributed by atoms with van der Waals surface area (Å²) in [6.07, 6.45) is 8.12. The molecule has 109 valence electrons. The molecule has 0 rings (SSSR count). The second kappa shape index (κ2) is 9.87. The fraction of sp³-hybridized carbons (Fsp3) is 0.944. The molecule has 0 aliphatic heterocycles. The van der Waals surface area contributed by atoms with E-state index in [2.05, 4.69) is 48.5 Å². The molecule has 0 N–H and O–H groups in total. The van der Waals surface area contributed by atoms with Crippen molar-refractivity contribution in [1.29, 1.82) is 0 Å². The quantitative estimate of drug-likeness (QED) is 0.416. The Morgan fingerprint density at radius 3 is 1.78 bits per heavy atom. The van der Waals surface area contributed by atoms with Gasteiger partial charge in [0.15, 0.2) is 0 Å². The number of hydrogen-bond donors (Lipinski definition) is 0. The zero-order chi connectivity index (χ0) is 14.1. The van der Waals surface area contributed by atoms with Gasteiger partial charge in [0.25, 0.3) is 0 Å². The standard InChI is InChI=1S/C18H37/c1-8-15(6)11-12-18(17(9-2)10-3)13-16(7)14(4)5/h14-17H,8-13H2,1-7H3. The normalized spacial score (nSPS) is 15.7. The van der Waals surface area contributed by atoms with Gasteiger partial charge in [-0.05, 0) is 42.4 Å². The Hall–Kier alpha value is 0. The summed E-state index contributed by atoms with van der Waals surface area (Å²) in [5.41, 5.74) is 0. The minimum absolute atomic E-state index is 0.818. The van der Waals surface area contributed by atoms with Crippen LogP contribution in [0.15, 0.2) is 0 Å². The Morgan fingerprint density at radius 2 is 1.39 bits per heavy atom. The van der Waals surface area contributed by atoms with Crippen molar-refractivity contribution >= 4 is 0 Å². The highest BCUT2D eigenvalue weighted by Crippen LogP contribution is 2.35. The summed E-state index contributed by atoms with van der Waals surface area (Å²) in [7, 11) is 0. The number of hydrogen-bond acceptors (Lipinski definition) is 0. The van der Waals surface area contributed by atoms with Gasteiger partial charge in [-0.2, -0.15) is 0 Å². The Labute approximate surface area is 117 Å². The van der Waals surface area contributed by atoms with Gasteiger partial charge in [-0.3, -0.25) is 0 Å². The maximum Gasteiger partial charge on any atom is -0.0207 e. The van der Waals surface area contributed by atoms with E-state index in [1.807, 2.05) is 5.92 Å². The first-order valence-electron chi connectivity index (χ1n) is 8.30. The molecule has 0 nitrogen and oxygen atoms in total. The summed E-state index contributed by atoms with van der Waals surface area (Å²) >= 11 is 0. The minimum atomic E-state index is 0.818. The summed E-state index contributed by atoms with van der Waals surface area (Å²) in [4.78, 5) is 0. The average molecular weight is 253 g/mol. The smallest absolute Gasteiger partial charge is 0.0207 e. The largest absolute Gasteiger partial charge is 0.0651 e. The maximum absolute atomic E-state index is 2.43. The second-order valence-corrected chi connectivity index (χ2v) is 6.65. The summed E-state index contributed by atoms with van der Waals surface area (Å²) in [6.45, 7) is 16.6. The Morgan fingerprint density at radius 1 is 0.833 bits per heavy atom. The van der Waals surface area contributed by atoms with Crippen LogP contribution in [-0.4, -0.2) is 0 Å². The van der Waals surface area contributed by atoms with Crippen molar-refractivity contribution in [2.24, 2.45) is 23.7 Å².